The highest BCUT2D eigenvalue weighted by Crippen LogP contribution is 2.21. The van der Waals surface area contributed by atoms with Gasteiger partial charge in [0.05, 0.1) is 19.8 Å². The number of ether oxygens (including phenoxy) is 3. The van der Waals surface area contributed by atoms with Crippen LogP contribution in [-0.4, -0.2) is 32.8 Å². The average Bonchev–Trinajstić information content (AvgIpc) is 2.43. The van der Waals surface area contributed by atoms with Crippen molar-refractivity contribution in [1.82, 2.24) is 0 Å². The zero-order valence-corrected chi connectivity index (χ0v) is 11.0. The molecule has 0 radical (unpaired) electrons. The van der Waals surface area contributed by atoms with Gasteiger partial charge in [0.25, 0.3) is 0 Å². The fraction of sp³-hybridized carbons (Fsp3) is 0.385. The molecule has 0 saturated carbocycles. The summed E-state index contributed by atoms with van der Waals surface area (Å²) in [5.74, 6) is -1.28. The molecule has 7 heteroatoms. The minimum atomic E-state index is -2.98. The first-order valence-corrected chi connectivity index (χ1v) is 5.70. The van der Waals surface area contributed by atoms with Crippen molar-refractivity contribution in [3.63, 3.8) is 0 Å². The molecule has 0 fully saturated rings. The van der Waals surface area contributed by atoms with E-state index in [2.05, 4.69) is 14.2 Å². The molecule has 0 aliphatic rings. The molecule has 0 amide bonds. The van der Waals surface area contributed by atoms with Crippen molar-refractivity contribution >= 4 is 11.9 Å². The lowest BCUT2D eigenvalue weighted by atomic mass is 10.0. The van der Waals surface area contributed by atoms with Crippen LogP contribution < -0.4 is 4.74 Å². The third-order valence-corrected chi connectivity index (χ3v) is 2.54. The quantitative estimate of drug-likeness (QED) is 0.751. The molecule has 20 heavy (non-hydrogen) atoms. The van der Waals surface area contributed by atoms with Crippen LogP contribution in [0.15, 0.2) is 18.2 Å². The van der Waals surface area contributed by atoms with E-state index in [1.165, 1.54) is 26.4 Å². The number of carbonyl (C=O) groups excluding carboxylic acids is 2. The van der Waals surface area contributed by atoms with Crippen molar-refractivity contribution in [3.05, 3.63) is 29.3 Å². The minimum Gasteiger partial charge on any atom is -0.469 e. The van der Waals surface area contributed by atoms with Gasteiger partial charge in [0, 0.05) is 6.42 Å². The first kappa shape index (κ1) is 15.9. The van der Waals surface area contributed by atoms with Gasteiger partial charge in [0.15, 0.2) is 0 Å². The molecule has 0 spiro atoms. The lowest BCUT2D eigenvalue weighted by Crippen LogP contribution is -2.10. The Morgan fingerprint density at radius 1 is 1.20 bits per heavy atom. The smallest absolute Gasteiger partial charge is 0.387 e. The molecule has 1 aromatic carbocycles. The van der Waals surface area contributed by atoms with Crippen LogP contribution in [0.4, 0.5) is 8.78 Å². The highest BCUT2D eigenvalue weighted by molar-refractivity contribution is 5.91. The molecule has 0 aliphatic carbocycles. The molecular weight excluding hydrogens is 274 g/mol. The lowest BCUT2D eigenvalue weighted by Gasteiger charge is -2.10. The van der Waals surface area contributed by atoms with Crippen LogP contribution >= 0.6 is 0 Å². The molecule has 1 rings (SSSR count). The highest BCUT2D eigenvalue weighted by Gasteiger charge is 2.16. The number of halogens is 2. The monoisotopic (exact) mass is 288 g/mol. The first-order valence-electron chi connectivity index (χ1n) is 5.70. The predicted molar refractivity (Wildman–Crippen MR) is 64.8 cm³/mol. The van der Waals surface area contributed by atoms with Crippen molar-refractivity contribution < 1.29 is 32.6 Å². The second-order valence-electron chi connectivity index (χ2n) is 3.77. The van der Waals surface area contributed by atoms with E-state index >= 15 is 0 Å². The number of esters is 2. The fourth-order valence-electron chi connectivity index (χ4n) is 1.59. The van der Waals surface area contributed by atoms with Gasteiger partial charge in [-0.05, 0) is 24.1 Å². The van der Waals surface area contributed by atoms with Crippen molar-refractivity contribution in [2.45, 2.75) is 19.5 Å². The van der Waals surface area contributed by atoms with E-state index in [1.54, 1.807) is 0 Å². The van der Waals surface area contributed by atoms with Crippen LogP contribution in [0.3, 0.4) is 0 Å². The van der Waals surface area contributed by atoms with Crippen LogP contribution in [0.5, 0.6) is 5.75 Å². The van der Waals surface area contributed by atoms with E-state index in [1.807, 2.05) is 0 Å². The number of benzene rings is 1. The predicted octanol–water partition coefficient (Wildman–Crippen LogP) is 2.18. The summed E-state index contributed by atoms with van der Waals surface area (Å²) < 4.78 is 37.6. The van der Waals surface area contributed by atoms with Crippen LogP contribution in [0, 0.1) is 0 Å². The van der Waals surface area contributed by atoms with E-state index < -0.39 is 18.6 Å². The molecule has 1 aromatic rings. The Hall–Kier alpha value is -2.18. The van der Waals surface area contributed by atoms with Crippen LogP contribution in [-0.2, 0) is 20.7 Å². The lowest BCUT2D eigenvalue weighted by molar-refractivity contribution is -0.140. The maximum atomic E-state index is 12.1. The van der Waals surface area contributed by atoms with Crippen molar-refractivity contribution in [2.24, 2.45) is 0 Å². The summed E-state index contributed by atoms with van der Waals surface area (Å²) in [5, 5.41) is 0. The molecule has 0 aromatic heterocycles. The third-order valence-electron chi connectivity index (χ3n) is 2.54. The van der Waals surface area contributed by atoms with Crippen LogP contribution in [0.25, 0.3) is 0 Å². The maximum absolute atomic E-state index is 12.1. The van der Waals surface area contributed by atoms with E-state index in [0.717, 1.165) is 6.07 Å². The summed E-state index contributed by atoms with van der Waals surface area (Å²) in [6.07, 6.45) is 0.293. The summed E-state index contributed by atoms with van der Waals surface area (Å²) in [7, 11) is 2.43. The largest absolute Gasteiger partial charge is 0.469 e. The van der Waals surface area contributed by atoms with Crippen molar-refractivity contribution in [1.29, 1.82) is 0 Å². The zero-order valence-electron chi connectivity index (χ0n) is 11.0. The Balaban J connectivity index is 2.97. The normalized spacial score (nSPS) is 10.2. The number of alkyl halides is 2. The topological polar surface area (TPSA) is 61.8 Å². The van der Waals surface area contributed by atoms with Gasteiger partial charge in [0.1, 0.15) is 5.75 Å². The van der Waals surface area contributed by atoms with E-state index in [-0.39, 0.29) is 24.2 Å². The highest BCUT2D eigenvalue weighted by atomic mass is 19.3. The van der Waals surface area contributed by atoms with Gasteiger partial charge in [0.2, 0.25) is 0 Å². The minimum absolute atomic E-state index is 0.0650. The molecule has 0 N–H and O–H groups in total. The molecule has 0 bridgehead atoms. The number of hydrogen-bond acceptors (Lipinski definition) is 5. The van der Waals surface area contributed by atoms with Gasteiger partial charge in [-0.3, -0.25) is 4.79 Å². The summed E-state index contributed by atoms with van der Waals surface area (Å²) in [6.45, 7) is -2.98. The molecule has 0 unspecified atom stereocenters. The number of carbonyl (C=O) groups is 2. The van der Waals surface area contributed by atoms with Gasteiger partial charge in [-0.15, -0.1) is 0 Å². The van der Waals surface area contributed by atoms with Gasteiger partial charge < -0.3 is 14.2 Å². The Morgan fingerprint density at radius 3 is 2.45 bits per heavy atom. The van der Waals surface area contributed by atoms with Gasteiger partial charge in [-0.2, -0.15) is 8.78 Å². The number of methoxy groups -OCH3 is 2. The molecule has 0 heterocycles. The van der Waals surface area contributed by atoms with Crippen molar-refractivity contribution in [2.75, 3.05) is 14.2 Å². The Kier molecular flexibility index (Phi) is 5.89. The SMILES string of the molecule is COC(=O)CCc1ccc(OC(F)F)cc1C(=O)OC. The Labute approximate surface area is 114 Å². The number of rotatable bonds is 6. The second kappa shape index (κ2) is 7.42. The maximum Gasteiger partial charge on any atom is 0.387 e. The molecular formula is C13H14F2O5. The van der Waals surface area contributed by atoms with Crippen LogP contribution in [0.2, 0.25) is 0 Å². The van der Waals surface area contributed by atoms with Crippen LogP contribution in [0.1, 0.15) is 22.3 Å². The van der Waals surface area contributed by atoms with Crippen molar-refractivity contribution in [3.8, 4) is 5.75 Å². The number of hydrogen-bond donors (Lipinski definition) is 0. The first-order chi connectivity index (χ1) is 9.47. The Bertz CT molecular complexity index is 488. The van der Waals surface area contributed by atoms with Gasteiger partial charge in [-0.25, -0.2) is 4.79 Å². The summed E-state index contributed by atoms with van der Waals surface area (Å²) >= 11 is 0. The summed E-state index contributed by atoms with van der Waals surface area (Å²) in [6, 6.07) is 3.89. The average molecular weight is 288 g/mol. The summed E-state index contributed by atoms with van der Waals surface area (Å²) in [5.41, 5.74) is 0.568. The van der Waals surface area contributed by atoms with E-state index in [4.69, 9.17) is 0 Å². The van der Waals surface area contributed by atoms with E-state index in [9.17, 15) is 18.4 Å². The molecule has 0 atom stereocenters. The zero-order chi connectivity index (χ0) is 15.1. The fourth-order valence-corrected chi connectivity index (χ4v) is 1.59. The molecule has 110 valence electrons. The molecule has 0 aliphatic heterocycles. The Morgan fingerprint density at radius 2 is 1.90 bits per heavy atom. The number of aryl methyl sites for hydroxylation is 1. The van der Waals surface area contributed by atoms with Gasteiger partial charge >= 0.3 is 18.6 Å². The van der Waals surface area contributed by atoms with E-state index in [0.29, 0.717) is 5.56 Å². The summed E-state index contributed by atoms with van der Waals surface area (Å²) in [4.78, 5) is 22.7. The second-order valence-corrected chi connectivity index (χ2v) is 3.77. The molecule has 5 nitrogen and oxygen atoms in total. The van der Waals surface area contributed by atoms with Gasteiger partial charge in [-0.1, -0.05) is 6.07 Å². The standard InChI is InChI=1S/C13H14F2O5/c1-18-11(16)6-4-8-3-5-9(20-13(14)15)7-10(8)12(17)19-2/h3,5,7,13H,4,6H2,1-2H3. The third kappa shape index (κ3) is 4.49. The molecule has 0 saturated heterocycles.